The largest absolute Gasteiger partial charge is 0.305 e. The summed E-state index contributed by atoms with van der Waals surface area (Å²) in [5.41, 5.74) is 25.3. The second-order valence-electron chi connectivity index (χ2n) is 19.6. The molecule has 0 N–H and O–H groups in total. The quantitative estimate of drug-likeness (QED) is 0.174. The average Bonchev–Trinajstić information content (AvgIpc) is 4.03. The van der Waals surface area contributed by atoms with Crippen LogP contribution in [0.5, 0.6) is 0 Å². The van der Waals surface area contributed by atoms with Crippen molar-refractivity contribution in [1.29, 1.82) is 0 Å². The molecule has 0 saturated heterocycles. The molecule has 1 unspecified atom stereocenters. The highest BCUT2D eigenvalue weighted by Gasteiger charge is 2.55. The SMILES string of the molecule is CN(C)Cc1cccc2c1C1(C3=C(C=CCC3)c3ccccc31)c1cc3ccccc3cc1-2.CN(C)Cc1cccc2c1C1(c3ccccc3-c3ccccc31)c1ccc3ccccc3c1-2. The Kier molecular flexibility index (Phi) is 8.75. The van der Waals surface area contributed by atoms with Crippen molar-refractivity contribution in [3.63, 3.8) is 0 Å². The second kappa shape index (κ2) is 14.7. The van der Waals surface area contributed by atoms with E-state index in [1.807, 2.05) is 0 Å². The lowest BCUT2D eigenvalue weighted by Crippen LogP contribution is -2.30. The molecule has 5 aliphatic rings. The lowest BCUT2D eigenvalue weighted by molar-refractivity contribution is 0.399. The highest BCUT2D eigenvalue weighted by Crippen LogP contribution is 2.66. The average molecular weight is 849 g/mol. The smallest absolute Gasteiger partial charge is 0.0728 e. The van der Waals surface area contributed by atoms with Crippen LogP contribution in [0, 0.1) is 0 Å². The summed E-state index contributed by atoms with van der Waals surface area (Å²) in [5.74, 6) is 0. The van der Waals surface area contributed by atoms with Gasteiger partial charge in [0.1, 0.15) is 0 Å². The van der Waals surface area contributed by atoms with Crippen molar-refractivity contribution in [3.8, 4) is 33.4 Å². The van der Waals surface area contributed by atoms with Gasteiger partial charge in [0, 0.05) is 13.1 Å². The first kappa shape index (κ1) is 39.3. The summed E-state index contributed by atoms with van der Waals surface area (Å²) in [7, 11) is 8.69. The molecule has 0 radical (unpaired) electrons. The third-order valence-corrected chi connectivity index (χ3v) is 15.4. The highest BCUT2D eigenvalue weighted by molar-refractivity contribution is 6.07. The topological polar surface area (TPSA) is 6.48 Å². The Morgan fingerprint density at radius 3 is 1.61 bits per heavy atom. The van der Waals surface area contributed by atoms with E-state index in [9.17, 15) is 0 Å². The van der Waals surface area contributed by atoms with Crippen LogP contribution < -0.4 is 0 Å². The van der Waals surface area contributed by atoms with E-state index in [1.54, 1.807) is 5.57 Å². The molecule has 318 valence electrons. The molecule has 0 aliphatic heterocycles. The molecule has 14 rings (SSSR count). The molecule has 5 aliphatic carbocycles. The van der Waals surface area contributed by atoms with E-state index in [4.69, 9.17) is 0 Å². The fraction of sp³-hybridized carbons (Fsp3) is 0.156. The van der Waals surface area contributed by atoms with Crippen molar-refractivity contribution in [2.75, 3.05) is 28.2 Å². The van der Waals surface area contributed by atoms with Gasteiger partial charge in [-0.05, 0) is 175 Å². The van der Waals surface area contributed by atoms with Crippen LogP contribution in [0.4, 0.5) is 0 Å². The van der Waals surface area contributed by atoms with Crippen molar-refractivity contribution in [1.82, 2.24) is 9.80 Å². The lowest BCUT2D eigenvalue weighted by atomic mass is 9.67. The molecule has 1 atom stereocenters. The van der Waals surface area contributed by atoms with Crippen molar-refractivity contribution in [3.05, 3.63) is 255 Å². The Morgan fingerprint density at radius 1 is 0.409 bits per heavy atom. The molecule has 0 bridgehead atoms. The van der Waals surface area contributed by atoms with Crippen molar-refractivity contribution < 1.29 is 0 Å². The van der Waals surface area contributed by atoms with E-state index in [-0.39, 0.29) is 10.8 Å². The van der Waals surface area contributed by atoms with E-state index >= 15 is 0 Å². The Labute approximate surface area is 388 Å². The van der Waals surface area contributed by atoms with Crippen molar-refractivity contribution in [2.24, 2.45) is 0 Å². The number of hydrogen-bond donors (Lipinski definition) is 0. The van der Waals surface area contributed by atoms with Crippen LogP contribution in [0.25, 0.3) is 60.5 Å². The predicted molar refractivity (Wildman–Crippen MR) is 276 cm³/mol. The number of benzene rings is 9. The maximum absolute atomic E-state index is 2.50. The molecule has 0 amide bonds. The molecule has 9 aromatic rings. The van der Waals surface area contributed by atoms with Gasteiger partial charge < -0.3 is 9.80 Å². The number of fused-ring (bicyclic) bond motifs is 22. The van der Waals surface area contributed by atoms with Gasteiger partial charge in [0.15, 0.2) is 0 Å². The standard InChI is InChI=1S/C32H25N.C32H27N/c1-33(2)20-22-11-9-15-26-30-23-12-4-3-10-21(23)18-19-29(30)32(31(22)26)27-16-7-5-13-24(27)25-14-6-8-17-28(25)32;1-33(2)20-23-12-9-15-26-27-18-21-10-3-4-11-22(21)19-30(27)32(31(23)26)28-16-7-5-13-24(28)25-14-6-8-17-29(25)32/h3-19H,20H2,1-2H3;3-7,9-16,18-19H,8,17,20H2,1-2H3. The Bertz CT molecular complexity index is 3520. The van der Waals surface area contributed by atoms with Gasteiger partial charge in [0.2, 0.25) is 0 Å². The molecular formula is C64H52N2. The van der Waals surface area contributed by atoms with Gasteiger partial charge in [-0.2, -0.15) is 0 Å². The summed E-state index contributed by atoms with van der Waals surface area (Å²) in [6, 6.07) is 68.5. The summed E-state index contributed by atoms with van der Waals surface area (Å²) in [6.45, 7) is 1.86. The van der Waals surface area contributed by atoms with Gasteiger partial charge >= 0.3 is 0 Å². The van der Waals surface area contributed by atoms with Gasteiger partial charge in [0.25, 0.3) is 0 Å². The Morgan fingerprint density at radius 2 is 0.939 bits per heavy atom. The lowest BCUT2D eigenvalue weighted by Gasteiger charge is -2.35. The molecule has 0 aromatic heterocycles. The van der Waals surface area contributed by atoms with Crippen molar-refractivity contribution in [2.45, 2.75) is 36.8 Å². The molecule has 2 nitrogen and oxygen atoms in total. The minimum absolute atomic E-state index is 0.196. The molecule has 0 saturated carbocycles. The molecule has 2 spiro atoms. The first-order valence-electron chi connectivity index (χ1n) is 23.7. The maximum atomic E-state index is 2.50. The minimum Gasteiger partial charge on any atom is -0.305 e. The summed E-state index contributed by atoms with van der Waals surface area (Å²) < 4.78 is 0. The number of allylic oxidation sites excluding steroid dienone is 4. The zero-order chi connectivity index (χ0) is 44.3. The normalized spacial score (nSPS) is 17.1. The summed E-state index contributed by atoms with van der Waals surface area (Å²) in [6.07, 6.45) is 6.97. The van der Waals surface area contributed by atoms with Gasteiger partial charge in [0.05, 0.1) is 10.8 Å². The fourth-order valence-corrected chi connectivity index (χ4v) is 13.3. The third-order valence-electron chi connectivity index (χ3n) is 15.4. The van der Waals surface area contributed by atoms with E-state index in [0.29, 0.717) is 0 Å². The molecule has 9 aromatic carbocycles. The number of hydrogen-bond acceptors (Lipinski definition) is 2. The molecule has 0 heterocycles. The van der Waals surface area contributed by atoms with Gasteiger partial charge in [-0.1, -0.05) is 182 Å². The number of rotatable bonds is 4. The zero-order valence-electron chi connectivity index (χ0n) is 38.2. The summed E-state index contributed by atoms with van der Waals surface area (Å²) >= 11 is 0. The van der Waals surface area contributed by atoms with Gasteiger partial charge in [-0.15, -0.1) is 0 Å². The monoisotopic (exact) mass is 848 g/mol. The third kappa shape index (κ3) is 5.26. The van der Waals surface area contributed by atoms with Gasteiger partial charge in [-0.3, -0.25) is 0 Å². The Hall–Kier alpha value is -7.10. The summed E-state index contributed by atoms with van der Waals surface area (Å²) in [5, 5.41) is 5.30. The zero-order valence-corrected chi connectivity index (χ0v) is 38.2. The minimum atomic E-state index is -0.283. The molecule has 0 fully saturated rings. The van der Waals surface area contributed by atoms with E-state index in [1.165, 1.54) is 116 Å². The van der Waals surface area contributed by atoms with Crippen LogP contribution in [0.2, 0.25) is 0 Å². The van der Waals surface area contributed by atoms with E-state index < -0.39 is 0 Å². The molecule has 66 heavy (non-hydrogen) atoms. The predicted octanol–water partition coefficient (Wildman–Crippen LogP) is 14.6. The second-order valence-corrected chi connectivity index (χ2v) is 19.6. The van der Waals surface area contributed by atoms with E-state index in [2.05, 4.69) is 232 Å². The van der Waals surface area contributed by atoms with Crippen LogP contribution >= 0.6 is 0 Å². The van der Waals surface area contributed by atoms with E-state index in [0.717, 1.165) is 25.9 Å². The van der Waals surface area contributed by atoms with Crippen molar-refractivity contribution >= 4 is 27.1 Å². The fourth-order valence-electron chi connectivity index (χ4n) is 13.3. The van der Waals surface area contributed by atoms with Crippen LogP contribution in [0.3, 0.4) is 0 Å². The summed E-state index contributed by atoms with van der Waals surface area (Å²) in [4.78, 5) is 4.59. The highest BCUT2D eigenvalue weighted by atomic mass is 15.1. The van der Waals surface area contributed by atoms with Gasteiger partial charge in [-0.25, -0.2) is 0 Å². The van der Waals surface area contributed by atoms with Crippen LogP contribution in [-0.4, -0.2) is 38.0 Å². The molecule has 2 heteroatoms. The first-order valence-corrected chi connectivity index (χ1v) is 23.7. The van der Waals surface area contributed by atoms with Crippen LogP contribution in [0.1, 0.15) is 68.5 Å². The van der Waals surface area contributed by atoms with Crippen LogP contribution in [-0.2, 0) is 23.9 Å². The molecular weight excluding hydrogens is 797 g/mol. The van der Waals surface area contributed by atoms with Crippen LogP contribution in [0.15, 0.2) is 200 Å². The maximum Gasteiger partial charge on any atom is 0.0728 e. The Balaban J connectivity index is 0.000000132. The first-order chi connectivity index (χ1) is 32.4. The number of nitrogens with zero attached hydrogens (tertiary/aromatic N) is 2.